The summed E-state index contributed by atoms with van der Waals surface area (Å²) in [5.74, 6) is -7.89. The van der Waals surface area contributed by atoms with Gasteiger partial charge in [-0.15, -0.1) is 79.6 Å². The minimum Gasteiger partial charge on any atom is -0.461 e. The zero-order valence-corrected chi connectivity index (χ0v) is 55.9. The van der Waals surface area contributed by atoms with Gasteiger partial charge in [-0.2, -0.15) is 0 Å². The fourth-order valence-corrected chi connectivity index (χ4v) is 15.3. The number of imide groups is 1. The minimum atomic E-state index is -1.40. The Kier molecular flexibility index (Phi) is 21.3. The first kappa shape index (κ1) is 67.4. The molecule has 7 aromatic heterocycles. The Balaban J connectivity index is 1.11. The highest BCUT2D eigenvalue weighted by molar-refractivity contribution is 7.15. The molecule has 0 saturated heterocycles. The molecule has 2 aromatic carbocycles. The van der Waals surface area contributed by atoms with Crippen LogP contribution in [0.15, 0.2) is 93.6 Å². The average Bonchev–Trinajstić information content (AvgIpc) is 1.60. The number of halogens is 1. The van der Waals surface area contributed by atoms with Gasteiger partial charge in [-0.3, -0.25) is 53.3 Å². The lowest BCUT2D eigenvalue weighted by atomic mass is 9.95. The van der Waals surface area contributed by atoms with Crippen molar-refractivity contribution >= 4 is 139 Å². The number of esters is 3. The third kappa shape index (κ3) is 16.1. The largest absolute Gasteiger partial charge is 0.461 e. The molecular weight excluding hydrogens is 1350 g/mol. The van der Waals surface area contributed by atoms with Gasteiger partial charge in [0.2, 0.25) is 17.7 Å². The van der Waals surface area contributed by atoms with Crippen LogP contribution in [0.5, 0.6) is 5.75 Å². The summed E-state index contributed by atoms with van der Waals surface area (Å²) in [5, 5.41) is 23.2. The SMILES string of the molecule is CC(=O)NC(=O)c1csc(-c2ccc3c(n2)-c2csc(n2)-c2csc(n2)[C@H]([C@@H](C)[C@H](CCl)OC(C)=O)NC(=O)[C@H](Cc2ccc(OC(C)=O)cc2)NC(=O)c2csc(n2)[C@H]([C@H](OC(C)=O)c2ccccc2)NC(=O)c2nc(sc2C)[C@H](CC(N)=O)NC(=O)c2csc-3n2)n1. The fourth-order valence-electron chi connectivity index (χ4n) is 9.68. The summed E-state index contributed by atoms with van der Waals surface area (Å²) < 4.78 is 16.9. The summed E-state index contributed by atoms with van der Waals surface area (Å²) in [6.45, 7) is 8.17. The zero-order valence-electron chi connectivity index (χ0n) is 50.2. The Labute approximate surface area is 563 Å². The Morgan fingerprint density at radius 2 is 1.21 bits per heavy atom. The van der Waals surface area contributed by atoms with Gasteiger partial charge in [-0.1, -0.05) is 49.4 Å². The van der Waals surface area contributed by atoms with E-state index in [2.05, 4.69) is 36.6 Å². The number of alkyl halides is 1. The number of aromatic nitrogens is 7. The van der Waals surface area contributed by atoms with Crippen LogP contribution in [0, 0.1) is 12.8 Å². The van der Waals surface area contributed by atoms with Gasteiger partial charge < -0.3 is 41.2 Å². The molecule has 26 nitrogen and oxygen atoms in total. The van der Waals surface area contributed by atoms with E-state index in [1.165, 1.54) is 67.3 Å². The fraction of sp³-hybridized carbons (Fsp3) is 0.262. The van der Waals surface area contributed by atoms with E-state index in [1.54, 1.807) is 79.2 Å². The second-order valence-electron chi connectivity index (χ2n) is 21.0. The lowest BCUT2D eigenvalue weighted by molar-refractivity contribution is -0.149. The predicted molar refractivity (Wildman–Crippen MR) is 350 cm³/mol. The number of aryl methyl sites for hydroxylation is 1. The molecule has 484 valence electrons. The second kappa shape index (κ2) is 29.7. The summed E-state index contributed by atoms with van der Waals surface area (Å²) in [7, 11) is 0. The quantitative estimate of drug-likeness (QED) is 0.0338. The third-order valence-corrected chi connectivity index (χ3v) is 19.9. The van der Waals surface area contributed by atoms with Crippen molar-refractivity contribution in [2.24, 2.45) is 11.7 Å². The Morgan fingerprint density at radius 1 is 0.596 bits per heavy atom. The molecule has 10 bridgehead atoms. The molecule has 8 heterocycles. The monoisotopic (exact) mass is 1400 g/mol. The number of ether oxygens (including phenoxy) is 3. The van der Waals surface area contributed by atoms with Crippen LogP contribution in [0.25, 0.3) is 43.4 Å². The summed E-state index contributed by atoms with van der Waals surface area (Å²) in [6.07, 6.45) is -2.84. The smallest absolute Gasteiger partial charge is 0.308 e. The Hall–Kier alpha value is -9.44. The number of carbonyl (C=O) groups is 10. The number of nitrogens with zero attached hydrogens (tertiary/aromatic N) is 7. The summed E-state index contributed by atoms with van der Waals surface area (Å²) in [6, 6.07) is 13.1. The zero-order chi connectivity index (χ0) is 67.1. The summed E-state index contributed by atoms with van der Waals surface area (Å²) in [4.78, 5) is 168. The number of nitrogens with one attached hydrogen (secondary N) is 5. The molecular formula is C61H54ClN13O13S6. The number of primary amides is 1. The molecule has 7 amide bonds. The van der Waals surface area contributed by atoms with Crippen molar-refractivity contribution < 1.29 is 62.2 Å². The molecule has 0 aliphatic carbocycles. The standard InChI is InChI=1S/C61H54ClN13O13S6/c1-26(44(20-62)87-30(5)78)46-60-72-43(25-93-60)58-68-39(21-90-58)48-35(16-17-36(65-48)57-70-40(23-91-57)52(82)64-28(3)76)56-69-41(22-89-56)54(84)67-38(19-45(63)80)59-75-47(27(2)94-59)55(85)74-49(50(88-31(6)79)33-10-8-7-9-11-33)61-71-42(24-92-61)53(83)66-37(51(81)73-46)18-32-12-14-34(15-13-32)86-29(4)77/h7-17,21-26,37-38,44,46,49-50H,18-20H2,1-6H3,(H2,63,80)(H,66,83)(H,67,84)(H,73,81)(H,74,85)(H,64,76,82)/t26-,37-,38-,44-,46-,49-,50+/m0/s1. The van der Waals surface area contributed by atoms with Crippen LogP contribution in [-0.2, 0) is 44.7 Å². The average molecular weight is 1410 g/mol. The molecule has 0 radical (unpaired) electrons. The number of carbonyl (C=O) groups excluding carboxylic acids is 10. The van der Waals surface area contributed by atoms with E-state index < -0.39 is 108 Å². The van der Waals surface area contributed by atoms with E-state index in [4.69, 9.17) is 56.5 Å². The number of amides is 7. The highest BCUT2D eigenvalue weighted by Crippen LogP contribution is 2.41. The molecule has 0 unspecified atom stereocenters. The van der Waals surface area contributed by atoms with Crippen LogP contribution in [0.2, 0.25) is 0 Å². The topological polar surface area (TPSA) is 375 Å². The molecule has 9 aromatic rings. The van der Waals surface area contributed by atoms with Crippen LogP contribution in [0.3, 0.4) is 0 Å². The molecule has 33 heteroatoms. The van der Waals surface area contributed by atoms with E-state index >= 15 is 4.79 Å². The molecule has 7 atom stereocenters. The van der Waals surface area contributed by atoms with Gasteiger partial charge >= 0.3 is 17.9 Å². The van der Waals surface area contributed by atoms with Gasteiger partial charge in [-0.25, -0.2) is 34.9 Å². The van der Waals surface area contributed by atoms with Crippen LogP contribution < -0.4 is 37.1 Å². The number of rotatable bonds is 14. The number of fused-ring (bicyclic) bond motifs is 14. The van der Waals surface area contributed by atoms with Gasteiger partial charge in [0.15, 0.2) is 6.10 Å². The van der Waals surface area contributed by atoms with Gasteiger partial charge in [0, 0.05) is 77.4 Å². The van der Waals surface area contributed by atoms with Crippen LogP contribution in [0.1, 0.15) is 138 Å². The van der Waals surface area contributed by atoms with E-state index in [1.807, 2.05) is 0 Å². The maximum Gasteiger partial charge on any atom is 0.308 e. The maximum absolute atomic E-state index is 15.2. The maximum atomic E-state index is 15.2. The number of hydrogen-bond donors (Lipinski definition) is 6. The molecule has 94 heavy (non-hydrogen) atoms. The third-order valence-electron chi connectivity index (χ3n) is 14.1. The van der Waals surface area contributed by atoms with E-state index in [9.17, 15) is 43.2 Å². The number of thiazole rings is 6. The predicted octanol–water partition coefficient (Wildman–Crippen LogP) is 8.44. The van der Waals surface area contributed by atoms with E-state index in [0.717, 1.165) is 56.7 Å². The van der Waals surface area contributed by atoms with Gasteiger partial charge in [-0.05, 0) is 42.3 Å². The first-order valence-electron chi connectivity index (χ1n) is 28.3. The molecule has 0 saturated carbocycles. The van der Waals surface area contributed by atoms with E-state index in [-0.39, 0.29) is 56.5 Å². The van der Waals surface area contributed by atoms with Crippen molar-refractivity contribution in [3.8, 4) is 49.1 Å². The number of pyridine rings is 1. The molecule has 0 fully saturated rings. The lowest BCUT2D eigenvalue weighted by Gasteiger charge is -2.30. The first-order chi connectivity index (χ1) is 45.0. The second-order valence-corrected chi connectivity index (χ2v) is 26.9. The highest BCUT2D eigenvalue weighted by atomic mass is 35.5. The van der Waals surface area contributed by atoms with Crippen molar-refractivity contribution in [1.82, 2.24) is 61.5 Å². The van der Waals surface area contributed by atoms with E-state index in [0.29, 0.717) is 58.7 Å². The van der Waals surface area contributed by atoms with Crippen LogP contribution in [0.4, 0.5) is 0 Å². The molecule has 0 spiro atoms. The van der Waals surface area contributed by atoms with Gasteiger partial charge in [0.1, 0.15) is 93.8 Å². The van der Waals surface area contributed by atoms with Crippen molar-refractivity contribution in [3.63, 3.8) is 0 Å². The summed E-state index contributed by atoms with van der Waals surface area (Å²) in [5.41, 5.74) is 7.93. The Bertz CT molecular complexity index is 4390. The van der Waals surface area contributed by atoms with Crippen molar-refractivity contribution in [3.05, 3.63) is 147 Å². The summed E-state index contributed by atoms with van der Waals surface area (Å²) >= 11 is 13.0. The van der Waals surface area contributed by atoms with Gasteiger partial charge in [0.25, 0.3) is 23.6 Å². The number of hydrogen-bond acceptors (Lipinski definition) is 26. The first-order valence-corrected chi connectivity index (χ1v) is 34.1. The Morgan fingerprint density at radius 3 is 1.89 bits per heavy atom. The van der Waals surface area contributed by atoms with Crippen molar-refractivity contribution in [1.29, 1.82) is 0 Å². The highest BCUT2D eigenvalue weighted by Gasteiger charge is 2.38. The van der Waals surface area contributed by atoms with Crippen LogP contribution >= 0.6 is 79.6 Å². The molecule has 7 N–H and O–H groups in total. The number of nitrogens with two attached hydrogens (primary N) is 1. The lowest BCUT2D eigenvalue weighted by Crippen LogP contribution is -2.50. The van der Waals surface area contributed by atoms with Crippen LogP contribution in [-0.4, -0.2) is 112 Å². The van der Waals surface area contributed by atoms with Gasteiger partial charge in [0.05, 0.1) is 30.1 Å². The minimum absolute atomic E-state index is 0.0256. The normalized spacial score (nSPS) is 17.0. The van der Waals surface area contributed by atoms with Crippen molar-refractivity contribution in [2.45, 2.75) is 90.8 Å². The molecule has 1 aliphatic heterocycles. The van der Waals surface area contributed by atoms with Crippen molar-refractivity contribution in [2.75, 3.05) is 5.88 Å². The molecule has 1 aliphatic rings. The number of benzene rings is 2. The molecule has 10 rings (SSSR count).